The maximum absolute atomic E-state index is 11.5. The Morgan fingerprint density at radius 1 is 1.47 bits per heavy atom. The van der Waals surface area contributed by atoms with Gasteiger partial charge in [-0.3, -0.25) is 4.79 Å². The molecule has 0 aliphatic carbocycles. The number of piperidine rings is 1. The largest absolute Gasteiger partial charge is 0.460 e. The first-order valence-corrected chi connectivity index (χ1v) is 7.11. The third-order valence-electron chi connectivity index (χ3n) is 3.17. The number of carbonyl (C=O) groups is 1. The molecule has 3 nitrogen and oxygen atoms in total. The lowest BCUT2D eigenvalue weighted by molar-refractivity contribution is -0.145. The third kappa shape index (κ3) is 4.48. The van der Waals surface area contributed by atoms with Crippen LogP contribution in [0.3, 0.4) is 0 Å². The molecule has 1 saturated heterocycles. The molecule has 2 rings (SSSR count). The summed E-state index contributed by atoms with van der Waals surface area (Å²) in [6, 6.07) is 3.97. The summed E-state index contributed by atoms with van der Waals surface area (Å²) in [7, 11) is 0. The second-order valence-electron chi connectivity index (χ2n) is 4.47. The number of hydrogen-bond donors (Lipinski definition) is 1. The topological polar surface area (TPSA) is 38.3 Å². The minimum absolute atomic E-state index is 0.0584. The summed E-state index contributed by atoms with van der Waals surface area (Å²) in [6.45, 7) is 2.62. The van der Waals surface area contributed by atoms with Crippen molar-refractivity contribution >= 4 is 17.3 Å². The lowest BCUT2D eigenvalue weighted by Crippen LogP contribution is -2.28. The van der Waals surface area contributed by atoms with Gasteiger partial charge >= 0.3 is 5.97 Å². The van der Waals surface area contributed by atoms with Crippen LogP contribution in [0.2, 0.25) is 0 Å². The number of thiophene rings is 1. The van der Waals surface area contributed by atoms with Gasteiger partial charge in [0.05, 0.1) is 0 Å². The van der Waals surface area contributed by atoms with E-state index in [2.05, 4.69) is 5.32 Å². The highest BCUT2D eigenvalue weighted by Crippen LogP contribution is 2.18. The van der Waals surface area contributed by atoms with Gasteiger partial charge in [0.1, 0.15) is 6.61 Å². The average Bonchev–Trinajstić information content (AvgIpc) is 2.88. The van der Waals surface area contributed by atoms with Gasteiger partial charge in [0.25, 0.3) is 0 Å². The van der Waals surface area contributed by atoms with Crippen LogP contribution in [-0.4, -0.2) is 19.1 Å². The van der Waals surface area contributed by atoms with Crippen molar-refractivity contribution < 1.29 is 9.53 Å². The van der Waals surface area contributed by atoms with E-state index < -0.39 is 0 Å². The van der Waals surface area contributed by atoms with Crippen LogP contribution in [0.1, 0.15) is 30.6 Å². The van der Waals surface area contributed by atoms with Gasteiger partial charge in [-0.25, -0.2) is 0 Å². The molecule has 1 N–H and O–H groups in total. The highest BCUT2D eigenvalue weighted by atomic mass is 32.1. The molecular formula is C13H19NO2S. The van der Waals surface area contributed by atoms with Crippen LogP contribution in [0.15, 0.2) is 17.5 Å². The minimum Gasteiger partial charge on any atom is -0.460 e. The van der Waals surface area contributed by atoms with Gasteiger partial charge < -0.3 is 10.1 Å². The fourth-order valence-corrected chi connectivity index (χ4v) is 2.73. The number of esters is 1. The van der Waals surface area contributed by atoms with Crippen molar-refractivity contribution in [3.8, 4) is 0 Å². The molecule has 0 unspecified atom stereocenters. The van der Waals surface area contributed by atoms with Gasteiger partial charge in [0.2, 0.25) is 0 Å². The van der Waals surface area contributed by atoms with E-state index in [-0.39, 0.29) is 5.97 Å². The Balaban J connectivity index is 1.60. The fraction of sp³-hybridized carbons (Fsp3) is 0.615. The molecular weight excluding hydrogens is 234 g/mol. The van der Waals surface area contributed by atoms with Crippen molar-refractivity contribution in [3.05, 3.63) is 22.4 Å². The molecule has 1 fully saturated rings. The van der Waals surface area contributed by atoms with Crippen LogP contribution in [0.25, 0.3) is 0 Å². The molecule has 0 bridgehead atoms. The molecule has 0 spiro atoms. The predicted octanol–water partition coefficient (Wildman–Crippen LogP) is 2.57. The highest BCUT2D eigenvalue weighted by molar-refractivity contribution is 7.09. The summed E-state index contributed by atoms with van der Waals surface area (Å²) in [5.41, 5.74) is 0. The lowest BCUT2D eigenvalue weighted by Gasteiger charge is -2.21. The van der Waals surface area contributed by atoms with E-state index in [1.807, 2.05) is 17.5 Å². The second kappa shape index (κ2) is 6.77. The molecule has 0 atom stereocenters. The van der Waals surface area contributed by atoms with Crippen LogP contribution in [0.4, 0.5) is 0 Å². The van der Waals surface area contributed by atoms with Gasteiger partial charge in [-0.15, -0.1) is 11.3 Å². The standard InChI is InChI=1S/C13H19NO2S/c15-13(16-10-12-2-1-9-17-12)4-3-11-5-7-14-8-6-11/h1-2,9,11,14H,3-8,10H2. The monoisotopic (exact) mass is 253 g/mol. The van der Waals surface area contributed by atoms with E-state index in [0.717, 1.165) is 24.4 Å². The Hall–Kier alpha value is -0.870. The Labute approximate surface area is 106 Å². The molecule has 1 aromatic rings. The summed E-state index contributed by atoms with van der Waals surface area (Å²) in [5, 5.41) is 5.33. The van der Waals surface area contributed by atoms with Crippen molar-refractivity contribution in [2.45, 2.75) is 32.3 Å². The summed E-state index contributed by atoms with van der Waals surface area (Å²) >= 11 is 1.63. The summed E-state index contributed by atoms with van der Waals surface area (Å²) in [4.78, 5) is 12.7. The molecule has 94 valence electrons. The molecule has 2 heterocycles. The van der Waals surface area contributed by atoms with Gasteiger partial charge in [-0.2, -0.15) is 0 Å². The van der Waals surface area contributed by atoms with Crippen molar-refractivity contribution in [1.82, 2.24) is 5.32 Å². The Bertz CT molecular complexity index is 331. The molecule has 1 aromatic heterocycles. The first-order chi connectivity index (χ1) is 8.34. The van der Waals surface area contributed by atoms with Crippen LogP contribution in [0, 0.1) is 5.92 Å². The Morgan fingerprint density at radius 2 is 2.29 bits per heavy atom. The molecule has 1 aliphatic rings. The third-order valence-corrected chi connectivity index (χ3v) is 4.02. The highest BCUT2D eigenvalue weighted by Gasteiger charge is 2.14. The van der Waals surface area contributed by atoms with Gasteiger partial charge in [0.15, 0.2) is 0 Å². The molecule has 0 amide bonds. The van der Waals surface area contributed by atoms with Crippen LogP contribution >= 0.6 is 11.3 Å². The van der Waals surface area contributed by atoms with Gasteiger partial charge in [-0.1, -0.05) is 6.07 Å². The second-order valence-corrected chi connectivity index (χ2v) is 5.50. The summed E-state index contributed by atoms with van der Waals surface area (Å²) in [6.07, 6.45) is 3.93. The molecule has 17 heavy (non-hydrogen) atoms. The van der Waals surface area contributed by atoms with E-state index in [0.29, 0.717) is 18.9 Å². The van der Waals surface area contributed by atoms with Crippen LogP contribution in [0.5, 0.6) is 0 Å². The molecule has 1 aliphatic heterocycles. The maximum Gasteiger partial charge on any atom is 0.306 e. The Morgan fingerprint density at radius 3 is 3.00 bits per heavy atom. The smallest absolute Gasteiger partial charge is 0.306 e. The SMILES string of the molecule is O=C(CCC1CCNCC1)OCc1cccs1. The number of hydrogen-bond acceptors (Lipinski definition) is 4. The van der Waals surface area contributed by atoms with E-state index in [4.69, 9.17) is 4.74 Å². The lowest BCUT2D eigenvalue weighted by atomic mass is 9.93. The average molecular weight is 253 g/mol. The molecule has 4 heteroatoms. The number of carbonyl (C=O) groups excluding carboxylic acids is 1. The number of nitrogens with one attached hydrogen (secondary N) is 1. The summed E-state index contributed by atoms with van der Waals surface area (Å²) in [5.74, 6) is 0.641. The zero-order valence-corrected chi connectivity index (χ0v) is 10.8. The molecule has 0 radical (unpaired) electrons. The maximum atomic E-state index is 11.5. The first-order valence-electron chi connectivity index (χ1n) is 6.23. The zero-order chi connectivity index (χ0) is 11.9. The number of rotatable bonds is 5. The van der Waals surface area contributed by atoms with E-state index in [9.17, 15) is 4.79 Å². The van der Waals surface area contributed by atoms with Crippen molar-refractivity contribution in [3.63, 3.8) is 0 Å². The fourth-order valence-electron chi connectivity index (χ4n) is 2.11. The molecule has 0 saturated carbocycles. The first kappa shape index (κ1) is 12.6. The quantitative estimate of drug-likeness (QED) is 0.820. The van der Waals surface area contributed by atoms with Gasteiger partial charge in [0, 0.05) is 11.3 Å². The van der Waals surface area contributed by atoms with Crippen molar-refractivity contribution in [1.29, 1.82) is 0 Å². The van der Waals surface area contributed by atoms with Crippen molar-refractivity contribution in [2.75, 3.05) is 13.1 Å². The van der Waals surface area contributed by atoms with Crippen LogP contribution < -0.4 is 5.32 Å². The number of ether oxygens (including phenoxy) is 1. The minimum atomic E-state index is -0.0584. The van der Waals surface area contributed by atoms with E-state index in [1.165, 1.54) is 12.8 Å². The van der Waals surface area contributed by atoms with E-state index >= 15 is 0 Å². The van der Waals surface area contributed by atoms with Gasteiger partial charge in [-0.05, 0) is 49.7 Å². The zero-order valence-electron chi connectivity index (χ0n) is 9.98. The van der Waals surface area contributed by atoms with Crippen LogP contribution in [-0.2, 0) is 16.1 Å². The van der Waals surface area contributed by atoms with E-state index in [1.54, 1.807) is 11.3 Å². The Kier molecular flexibility index (Phi) is 5.01. The predicted molar refractivity (Wildman–Crippen MR) is 68.9 cm³/mol. The van der Waals surface area contributed by atoms with Crippen molar-refractivity contribution in [2.24, 2.45) is 5.92 Å². The molecule has 0 aromatic carbocycles. The summed E-state index contributed by atoms with van der Waals surface area (Å²) < 4.78 is 5.23. The normalized spacial score (nSPS) is 16.9.